The fourth-order valence-electron chi connectivity index (χ4n) is 3.36. The van der Waals surface area contributed by atoms with Crippen molar-refractivity contribution in [2.45, 2.75) is 6.92 Å². The molecule has 0 bridgehead atoms. The van der Waals surface area contributed by atoms with Crippen LogP contribution in [0.4, 0.5) is 5.69 Å². The van der Waals surface area contributed by atoms with Crippen LogP contribution in [0.25, 0.3) is 32.9 Å². The van der Waals surface area contributed by atoms with E-state index in [1.807, 2.05) is 67.6 Å². The summed E-state index contributed by atoms with van der Waals surface area (Å²) in [5.41, 5.74) is 3.70. The highest BCUT2D eigenvalue weighted by Gasteiger charge is 2.14. The minimum Gasteiger partial charge on any atom is -0.456 e. The van der Waals surface area contributed by atoms with E-state index < -0.39 is 0 Å². The molecule has 0 N–H and O–H groups in total. The first-order valence-electron chi connectivity index (χ1n) is 8.69. The summed E-state index contributed by atoms with van der Waals surface area (Å²) in [6, 6.07) is 22.4. The van der Waals surface area contributed by atoms with Crippen LogP contribution in [0.3, 0.4) is 0 Å². The van der Waals surface area contributed by atoms with Crippen molar-refractivity contribution in [3.63, 3.8) is 0 Å². The maximum Gasteiger partial charge on any atom is 0.220 e. The van der Waals surface area contributed by atoms with Crippen molar-refractivity contribution in [3.05, 3.63) is 94.1 Å². The van der Waals surface area contributed by atoms with Gasteiger partial charge in [-0.15, -0.1) is 0 Å². The average molecular weight is 353 g/mol. The molecule has 0 aliphatic heterocycles. The third-order valence-electron chi connectivity index (χ3n) is 4.67. The average Bonchev–Trinajstić information content (AvgIpc) is 2.68. The molecule has 0 spiro atoms. The first-order valence-corrected chi connectivity index (χ1v) is 8.69. The maximum atomic E-state index is 13.1. The Hall–Kier alpha value is -3.66. The van der Waals surface area contributed by atoms with Gasteiger partial charge in [-0.3, -0.25) is 4.79 Å². The lowest BCUT2D eigenvalue weighted by atomic mass is 10.1. The van der Waals surface area contributed by atoms with E-state index in [1.165, 1.54) is 0 Å². The number of hydrogen-bond donors (Lipinski definition) is 0. The minimum atomic E-state index is -0.0996. The molecule has 0 radical (unpaired) electrons. The summed E-state index contributed by atoms with van der Waals surface area (Å²) in [4.78, 5) is 17.7. The van der Waals surface area contributed by atoms with Gasteiger partial charge in [0.05, 0.1) is 11.1 Å². The van der Waals surface area contributed by atoms with Crippen molar-refractivity contribution < 1.29 is 8.83 Å². The van der Waals surface area contributed by atoms with Crippen LogP contribution in [0.1, 0.15) is 5.56 Å². The Morgan fingerprint density at radius 3 is 2.41 bits per heavy atom. The Labute approximate surface area is 154 Å². The van der Waals surface area contributed by atoms with Crippen molar-refractivity contribution in [2.24, 2.45) is 4.99 Å². The van der Waals surface area contributed by atoms with Gasteiger partial charge < -0.3 is 8.83 Å². The summed E-state index contributed by atoms with van der Waals surface area (Å²) >= 11 is 0. The normalized spacial score (nSPS) is 12.3. The molecule has 0 saturated heterocycles. The van der Waals surface area contributed by atoms with Gasteiger partial charge in [0.2, 0.25) is 11.0 Å². The zero-order chi connectivity index (χ0) is 18.4. The first kappa shape index (κ1) is 15.6. The number of hydrogen-bond acceptors (Lipinski definition) is 4. The fraction of sp³-hybridized carbons (Fsp3) is 0.0435. The van der Waals surface area contributed by atoms with Crippen molar-refractivity contribution in [3.8, 4) is 0 Å². The monoisotopic (exact) mass is 353 g/mol. The number of benzene rings is 3. The highest BCUT2D eigenvalue weighted by Crippen LogP contribution is 2.27. The molecule has 3 aromatic carbocycles. The molecule has 2 aromatic heterocycles. The zero-order valence-electron chi connectivity index (χ0n) is 14.6. The van der Waals surface area contributed by atoms with Gasteiger partial charge in [0.15, 0.2) is 5.58 Å². The largest absolute Gasteiger partial charge is 0.456 e. The summed E-state index contributed by atoms with van der Waals surface area (Å²) < 4.78 is 12.0. The highest BCUT2D eigenvalue weighted by atomic mass is 16.3. The molecule has 0 aliphatic carbocycles. The lowest BCUT2D eigenvalue weighted by Gasteiger charge is -2.06. The SMILES string of the molecule is Cc1cc(=Nc2ccccc2)oc2c1ccc1oc3ccccc3c(=O)c12. The standard InChI is InChI=1S/C23H15NO3/c1-14-13-20(24-15-7-3-2-4-8-15)27-23-16(14)11-12-19-21(23)22(25)17-9-5-6-10-18(17)26-19/h2-13H,1H3. The lowest BCUT2D eigenvalue weighted by molar-refractivity contribution is 0.545. The van der Waals surface area contributed by atoms with E-state index >= 15 is 0 Å². The Morgan fingerprint density at radius 1 is 0.778 bits per heavy atom. The molecular formula is C23H15NO3. The van der Waals surface area contributed by atoms with E-state index in [0.29, 0.717) is 33.1 Å². The van der Waals surface area contributed by atoms with Gasteiger partial charge in [0.25, 0.3) is 0 Å². The Bertz CT molecular complexity index is 1440. The molecule has 0 saturated carbocycles. The van der Waals surface area contributed by atoms with E-state index in [0.717, 1.165) is 16.6 Å². The Balaban J connectivity index is 1.93. The lowest BCUT2D eigenvalue weighted by Crippen LogP contribution is -2.06. The molecule has 5 rings (SSSR count). The Kier molecular flexibility index (Phi) is 3.44. The van der Waals surface area contributed by atoms with Crippen molar-refractivity contribution in [2.75, 3.05) is 0 Å². The van der Waals surface area contributed by atoms with Crippen LogP contribution >= 0.6 is 0 Å². The second-order valence-electron chi connectivity index (χ2n) is 6.46. The maximum absolute atomic E-state index is 13.1. The van der Waals surface area contributed by atoms with E-state index in [9.17, 15) is 4.79 Å². The number of rotatable bonds is 1. The summed E-state index contributed by atoms with van der Waals surface area (Å²) in [5.74, 6) is 0. The van der Waals surface area contributed by atoms with E-state index in [-0.39, 0.29) is 5.43 Å². The number of para-hydroxylation sites is 2. The fourth-order valence-corrected chi connectivity index (χ4v) is 3.36. The number of aryl methyl sites for hydroxylation is 1. The predicted molar refractivity (Wildman–Crippen MR) is 106 cm³/mol. The summed E-state index contributed by atoms with van der Waals surface area (Å²) in [6.07, 6.45) is 0. The van der Waals surface area contributed by atoms with Crippen LogP contribution in [0.2, 0.25) is 0 Å². The predicted octanol–water partition coefficient (Wildman–Crippen LogP) is 5.23. The molecular weight excluding hydrogens is 338 g/mol. The number of fused-ring (bicyclic) bond motifs is 4. The third kappa shape index (κ3) is 2.54. The second kappa shape index (κ2) is 5.95. The van der Waals surface area contributed by atoms with Gasteiger partial charge in [-0.1, -0.05) is 30.3 Å². The summed E-state index contributed by atoms with van der Waals surface area (Å²) in [5, 5.41) is 1.85. The highest BCUT2D eigenvalue weighted by molar-refractivity contribution is 6.05. The van der Waals surface area contributed by atoms with Crippen molar-refractivity contribution in [1.82, 2.24) is 0 Å². The summed E-state index contributed by atoms with van der Waals surface area (Å²) in [7, 11) is 0. The molecule has 0 aliphatic rings. The topological polar surface area (TPSA) is 55.7 Å². The van der Waals surface area contributed by atoms with Gasteiger partial charge >= 0.3 is 0 Å². The second-order valence-corrected chi connectivity index (χ2v) is 6.46. The quantitative estimate of drug-likeness (QED) is 0.306. The van der Waals surface area contributed by atoms with Gasteiger partial charge in [-0.05, 0) is 48.9 Å². The molecule has 2 heterocycles. The molecule has 5 aromatic rings. The molecule has 0 atom stereocenters. The third-order valence-corrected chi connectivity index (χ3v) is 4.67. The minimum absolute atomic E-state index is 0.0996. The van der Waals surface area contributed by atoms with Gasteiger partial charge in [-0.2, -0.15) is 0 Å². The van der Waals surface area contributed by atoms with Gasteiger partial charge in [-0.25, -0.2) is 4.99 Å². The van der Waals surface area contributed by atoms with Crippen LogP contribution in [0, 0.1) is 6.92 Å². The zero-order valence-corrected chi connectivity index (χ0v) is 14.6. The first-order chi connectivity index (χ1) is 13.2. The van der Waals surface area contributed by atoms with Gasteiger partial charge in [0.1, 0.15) is 16.6 Å². The van der Waals surface area contributed by atoms with E-state index in [1.54, 1.807) is 12.1 Å². The molecule has 0 unspecified atom stereocenters. The van der Waals surface area contributed by atoms with Crippen LogP contribution in [-0.2, 0) is 0 Å². The van der Waals surface area contributed by atoms with Gasteiger partial charge in [0, 0.05) is 11.5 Å². The van der Waals surface area contributed by atoms with Crippen LogP contribution in [0.15, 0.2) is 91.4 Å². The number of nitrogens with zero attached hydrogens (tertiary/aromatic N) is 1. The molecule has 0 fully saturated rings. The molecule has 27 heavy (non-hydrogen) atoms. The van der Waals surface area contributed by atoms with E-state index in [2.05, 4.69) is 4.99 Å². The van der Waals surface area contributed by atoms with Crippen molar-refractivity contribution in [1.29, 1.82) is 0 Å². The summed E-state index contributed by atoms with van der Waals surface area (Å²) in [6.45, 7) is 1.98. The van der Waals surface area contributed by atoms with Crippen LogP contribution < -0.4 is 11.0 Å². The van der Waals surface area contributed by atoms with E-state index in [4.69, 9.17) is 8.83 Å². The Morgan fingerprint density at radius 2 is 1.56 bits per heavy atom. The molecule has 4 heteroatoms. The molecule has 130 valence electrons. The smallest absolute Gasteiger partial charge is 0.220 e. The van der Waals surface area contributed by atoms with Crippen LogP contribution in [-0.4, -0.2) is 0 Å². The van der Waals surface area contributed by atoms with Crippen molar-refractivity contribution >= 4 is 38.6 Å². The molecule has 4 nitrogen and oxygen atoms in total. The van der Waals surface area contributed by atoms with Crippen LogP contribution in [0.5, 0.6) is 0 Å². The molecule has 0 amide bonds.